The normalized spacial score (nSPS) is 11.9. The molecule has 0 saturated heterocycles. The minimum Gasteiger partial charge on any atom is -0.454 e. The number of amides is 1. The van der Waals surface area contributed by atoms with Crippen molar-refractivity contribution in [2.24, 2.45) is 0 Å². The molecule has 0 unspecified atom stereocenters. The Hall–Kier alpha value is -3.61. The van der Waals surface area contributed by atoms with E-state index in [1.165, 1.54) is 12.1 Å². The highest BCUT2D eigenvalue weighted by atomic mass is 19.1. The van der Waals surface area contributed by atoms with Gasteiger partial charge in [-0.05, 0) is 42.0 Å². The lowest BCUT2D eigenvalue weighted by Crippen LogP contribution is -2.23. The smallest absolute Gasteiger partial charge is 0.270 e. The highest BCUT2D eigenvalue weighted by Crippen LogP contribution is 2.35. The molecule has 27 heavy (non-hydrogen) atoms. The lowest BCUT2D eigenvalue weighted by atomic mass is 10.2. The van der Waals surface area contributed by atoms with Crippen molar-refractivity contribution < 1.29 is 18.7 Å². The summed E-state index contributed by atoms with van der Waals surface area (Å²) in [6.45, 7) is 0.507. The van der Waals surface area contributed by atoms with Gasteiger partial charge in [-0.3, -0.25) is 9.78 Å². The summed E-state index contributed by atoms with van der Waals surface area (Å²) >= 11 is 0. The van der Waals surface area contributed by atoms with E-state index in [1.54, 1.807) is 30.5 Å². The summed E-state index contributed by atoms with van der Waals surface area (Å²) in [6, 6.07) is 14.9. The Morgan fingerprint density at radius 3 is 2.63 bits per heavy atom. The van der Waals surface area contributed by atoms with Crippen LogP contribution < -0.4 is 20.1 Å². The maximum absolute atomic E-state index is 12.9. The Labute approximate surface area is 155 Å². The molecule has 2 heterocycles. The van der Waals surface area contributed by atoms with E-state index >= 15 is 0 Å². The lowest BCUT2D eigenvalue weighted by Gasteiger charge is -2.09. The van der Waals surface area contributed by atoms with E-state index in [0.29, 0.717) is 18.0 Å². The number of aromatic nitrogens is 1. The van der Waals surface area contributed by atoms with Gasteiger partial charge in [0, 0.05) is 30.2 Å². The Kier molecular flexibility index (Phi) is 4.57. The molecule has 2 N–H and O–H groups in total. The molecule has 1 aliphatic rings. The number of carbonyl (C=O) groups is 1. The molecule has 0 spiro atoms. The van der Waals surface area contributed by atoms with Crippen molar-refractivity contribution in [1.82, 2.24) is 10.3 Å². The first kappa shape index (κ1) is 16.8. The molecule has 7 heteroatoms. The first-order valence-corrected chi connectivity index (χ1v) is 8.33. The third kappa shape index (κ3) is 3.98. The molecule has 136 valence electrons. The van der Waals surface area contributed by atoms with Crippen molar-refractivity contribution >= 4 is 17.3 Å². The van der Waals surface area contributed by atoms with Gasteiger partial charge in [0.25, 0.3) is 5.91 Å². The summed E-state index contributed by atoms with van der Waals surface area (Å²) in [5.41, 5.74) is 2.61. The summed E-state index contributed by atoms with van der Waals surface area (Å²) in [4.78, 5) is 16.4. The van der Waals surface area contributed by atoms with Crippen LogP contribution in [0.15, 0.2) is 60.8 Å². The Bertz CT molecular complexity index is 976. The molecule has 6 nitrogen and oxygen atoms in total. The first-order valence-electron chi connectivity index (χ1n) is 8.33. The van der Waals surface area contributed by atoms with Crippen molar-refractivity contribution in [1.29, 1.82) is 0 Å². The number of pyridine rings is 1. The van der Waals surface area contributed by atoms with E-state index in [9.17, 15) is 9.18 Å². The summed E-state index contributed by atoms with van der Waals surface area (Å²) < 4.78 is 23.6. The minimum atomic E-state index is -0.311. The largest absolute Gasteiger partial charge is 0.454 e. The molecule has 0 saturated carbocycles. The number of benzene rings is 2. The van der Waals surface area contributed by atoms with Crippen molar-refractivity contribution in [3.63, 3.8) is 0 Å². The zero-order chi connectivity index (χ0) is 18.6. The van der Waals surface area contributed by atoms with Gasteiger partial charge in [-0.2, -0.15) is 0 Å². The first-order chi connectivity index (χ1) is 13.2. The fraction of sp³-hybridized carbons (Fsp3) is 0.100. The fourth-order valence-corrected chi connectivity index (χ4v) is 2.65. The predicted molar refractivity (Wildman–Crippen MR) is 97.7 cm³/mol. The van der Waals surface area contributed by atoms with Crippen LogP contribution in [0.25, 0.3) is 0 Å². The van der Waals surface area contributed by atoms with Gasteiger partial charge in [0.2, 0.25) is 6.79 Å². The molecule has 1 amide bonds. The van der Waals surface area contributed by atoms with E-state index in [0.717, 1.165) is 16.9 Å². The third-order valence-corrected chi connectivity index (χ3v) is 4.02. The minimum absolute atomic E-state index is 0.215. The number of nitrogens with one attached hydrogen (secondary N) is 2. The molecule has 1 aromatic heterocycles. The van der Waals surface area contributed by atoms with E-state index in [-0.39, 0.29) is 24.2 Å². The maximum atomic E-state index is 12.9. The van der Waals surface area contributed by atoms with Gasteiger partial charge in [0.15, 0.2) is 11.5 Å². The number of fused-ring (bicyclic) bond motifs is 1. The molecule has 0 radical (unpaired) electrons. The van der Waals surface area contributed by atoms with Crippen LogP contribution >= 0.6 is 0 Å². The van der Waals surface area contributed by atoms with Gasteiger partial charge >= 0.3 is 0 Å². The Balaban J connectivity index is 1.42. The molecular weight excluding hydrogens is 349 g/mol. The monoisotopic (exact) mass is 365 g/mol. The number of halogens is 1. The van der Waals surface area contributed by atoms with Crippen LogP contribution in [0.4, 0.5) is 15.8 Å². The zero-order valence-electron chi connectivity index (χ0n) is 14.2. The standard InChI is InChI=1S/C20H16FN3O3/c21-14-3-1-13(2-4-14)11-23-20(25)17-9-16(7-8-22-17)24-15-5-6-18-19(10-15)27-12-26-18/h1-10H,11-12H2,(H,22,24)(H,23,25). The quantitative estimate of drug-likeness (QED) is 0.722. The molecule has 0 fully saturated rings. The summed E-state index contributed by atoms with van der Waals surface area (Å²) in [5.74, 6) is 0.755. The molecular formula is C20H16FN3O3. The molecule has 3 aromatic rings. The van der Waals surface area contributed by atoms with Crippen LogP contribution in [-0.2, 0) is 6.54 Å². The highest BCUT2D eigenvalue weighted by molar-refractivity contribution is 5.93. The van der Waals surface area contributed by atoms with Gasteiger partial charge in [-0.25, -0.2) is 4.39 Å². The van der Waals surface area contributed by atoms with Crippen molar-refractivity contribution in [2.45, 2.75) is 6.54 Å². The van der Waals surface area contributed by atoms with Gasteiger partial charge in [-0.1, -0.05) is 12.1 Å². The van der Waals surface area contributed by atoms with Crippen LogP contribution in [0, 0.1) is 5.82 Å². The van der Waals surface area contributed by atoms with Crippen LogP contribution in [0.5, 0.6) is 11.5 Å². The number of rotatable bonds is 5. The highest BCUT2D eigenvalue weighted by Gasteiger charge is 2.14. The van der Waals surface area contributed by atoms with Crippen molar-refractivity contribution in [3.05, 3.63) is 77.9 Å². The molecule has 4 rings (SSSR count). The fourth-order valence-electron chi connectivity index (χ4n) is 2.65. The molecule has 1 aliphatic heterocycles. The average Bonchev–Trinajstić information content (AvgIpc) is 3.15. The molecule has 2 aromatic carbocycles. The predicted octanol–water partition coefficient (Wildman–Crippen LogP) is 3.62. The number of ether oxygens (including phenoxy) is 2. The third-order valence-electron chi connectivity index (χ3n) is 4.02. The van der Waals surface area contributed by atoms with Gasteiger partial charge in [-0.15, -0.1) is 0 Å². The Morgan fingerprint density at radius 2 is 1.78 bits per heavy atom. The summed E-state index contributed by atoms with van der Waals surface area (Å²) in [7, 11) is 0. The van der Waals surface area contributed by atoms with Gasteiger partial charge in [0.05, 0.1) is 0 Å². The lowest BCUT2D eigenvalue weighted by molar-refractivity contribution is 0.0946. The number of nitrogens with zero attached hydrogens (tertiary/aromatic N) is 1. The number of hydrogen-bond donors (Lipinski definition) is 2. The molecule has 0 atom stereocenters. The Morgan fingerprint density at radius 1 is 1.00 bits per heavy atom. The summed E-state index contributed by atoms with van der Waals surface area (Å²) in [5, 5.41) is 5.98. The second-order valence-corrected chi connectivity index (χ2v) is 5.93. The number of hydrogen-bond acceptors (Lipinski definition) is 5. The number of carbonyl (C=O) groups excluding carboxylic acids is 1. The summed E-state index contributed by atoms with van der Waals surface area (Å²) in [6.07, 6.45) is 1.56. The molecule has 0 aliphatic carbocycles. The zero-order valence-corrected chi connectivity index (χ0v) is 14.2. The topological polar surface area (TPSA) is 72.5 Å². The van der Waals surface area contributed by atoms with Crippen molar-refractivity contribution in [2.75, 3.05) is 12.1 Å². The average molecular weight is 365 g/mol. The van der Waals surface area contributed by atoms with E-state index in [4.69, 9.17) is 9.47 Å². The van der Waals surface area contributed by atoms with Crippen molar-refractivity contribution in [3.8, 4) is 11.5 Å². The van der Waals surface area contributed by atoms with E-state index in [2.05, 4.69) is 15.6 Å². The van der Waals surface area contributed by atoms with Crippen LogP contribution in [-0.4, -0.2) is 17.7 Å². The second kappa shape index (κ2) is 7.33. The maximum Gasteiger partial charge on any atom is 0.270 e. The van der Waals surface area contributed by atoms with Gasteiger partial charge in [0.1, 0.15) is 11.5 Å². The second-order valence-electron chi connectivity index (χ2n) is 5.93. The molecule has 0 bridgehead atoms. The van der Waals surface area contributed by atoms with Crippen LogP contribution in [0.2, 0.25) is 0 Å². The number of anilines is 2. The van der Waals surface area contributed by atoms with Gasteiger partial charge < -0.3 is 20.1 Å². The van der Waals surface area contributed by atoms with Crippen LogP contribution in [0.3, 0.4) is 0 Å². The van der Waals surface area contributed by atoms with Crippen LogP contribution in [0.1, 0.15) is 16.1 Å². The SMILES string of the molecule is O=C(NCc1ccc(F)cc1)c1cc(Nc2ccc3c(c2)OCO3)ccn1. The van der Waals surface area contributed by atoms with E-state index < -0.39 is 0 Å². The van der Waals surface area contributed by atoms with E-state index in [1.807, 2.05) is 18.2 Å².